The standard InChI is InChI=1S/C27H28ClN3OS/c1-3-18(4-2)25(32)31-27-24(16-29)23-14-13-22(30-26(23)33-27)15-17-5-7-19(8-6-17)20-9-11-21(28)12-10-20/h5-12,18,22,30H,3-4,13-15H2,1-2H3,(H,31,32). The second-order valence-corrected chi connectivity index (χ2v) is 9.97. The summed E-state index contributed by atoms with van der Waals surface area (Å²) in [5.74, 6) is -0.0142. The van der Waals surface area contributed by atoms with Gasteiger partial charge in [0.15, 0.2) is 0 Å². The Labute approximate surface area is 204 Å². The van der Waals surface area contributed by atoms with Crippen LogP contribution in [-0.2, 0) is 17.6 Å². The third kappa shape index (κ3) is 5.24. The van der Waals surface area contributed by atoms with Crippen molar-refractivity contribution in [2.75, 3.05) is 10.6 Å². The van der Waals surface area contributed by atoms with E-state index in [1.807, 2.05) is 38.1 Å². The first-order chi connectivity index (χ1) is 16.0. The van der Waals surface area contributed by atoms with Gasteiger partial charge in [-0.05, 0) is 60.9 Å². The van der Waals surface area contributed by atoms with E-state index in [0.717, 1.165) is 53.3 Å². The maximum absolute atomic E-state index is 12.6. The normalized spacial score (nSPS) is 14.9. The summed E-state index contributed by atoms with van der Waals surface area (Å²) in [6, 6.07) is 19.2. The van der Waals surface area contributed by atoms with Crippen molar-refractivity contribution in [2.24, 2.45) is 5.92 Å². The van der Waals surface area contributed by atoms with Crippen LogP contribution in [0.5, 0.6) is 0 Å². The summed E-state index contributed by atoms with van der Waals surface area (Å²) in [5.41, 5.74) is 5.25. The number of hydrogen-bond acceptors (Lipinski definition) is 4. The second kappa shape index (κ2) is 10.4. The van der Waals surface area contributed by atoms with Crippen molar-refractivity contribution < 1.29 is 4.79 Å². The fraction of sp³-hybridized carbons (Fsp3) is 0.333. The molecule has 0 bridgehead atoms. The Morgan fingerprint density at radius 1 is 1.15 bits per heavy atom. The number of anilines is 2. The van der Waals surface area contributed by atoms with E-state index in [2.05, 4.69) is 41.0 Å². The summed E-state index contributed by atoms with van der Waals surface area (Å²) in [6.07, 6.45) is 4.31. The van der Waals surface area contributed by atoms with Crippen molar-refractivity contribution in [3.63, 3.8) is 0 Å². The SMILES string of the molecule is CCC(CC)C(=O)Nc1sc2c(c1C#N)CCC(Cc1ccc(-c3ccc(Cl)cc3)cc1)N2. The van der Waals surface area contributed by atoms with Crippen molar-refractivity contribution in [1.82, 2.24) is 0 Å². The first-order valence-electron chi connectivity index (χ1n) is 11.5. The molecule has 4 nitrogen and oxygen atoms in total. The summed E-state index contributed by atoms with van der Waals surface area (Å²) < 4.78 is 0. The molecule has 2 heterocycles. The molecule has 0 radical (unpaired) electrons. The molecule has 2 aromatic carbocycles. The molecule has 1 atom stereocenters. The number of thiophene rings is 1. The number of amides is 1. The van der Waals surface area contributed by atoms with Crippen molar-refractivity contribution >= 4 is 38.8 Å². The van der Waals surface area contributed by atoms with Crippen LogP contribution >= 0.6 is 22.9 Å². The zero-order valence-corrected chi connectivity index (χ0v) is 20.5. The lowest BCUT2D eigenvalue weighted by Crippen LogP contribution is -2.26. The first kappa shape index (κ1) is 23.4. The largest absolute Gasteiger partial charge is 0.374 e. The van der Waals surface area contributed by atoms with Crippen LogP contribution in [0.25, 0.3) is 11.1 Å². The number of nitrogens with zero attached hydrogens (tertiary/aromatic N) is 1. The van der Waals surface area contributed by atoms with E-state index in [0.29, 0.717) is 16.6 Å². The molecule has 0 saturated carbocycles. The smallest absolute Gasteiger partial charge is 0.228 e. The molecule has 4 rings (SSSR count). The zero-order valence-electron chi connectivity index (χ0n) is 19.0. The van der Waals surface area contributed by atoms with Gasteiger partial charge in [0.1, 0.15) is 11.1 Å². The quantitative estimate of drug-likeness (QED) is 0.375. The van der Waals surface area contributed by atoms with Crippen LogP contribution < -0.4 is 10.6 Å². The number of hydrogen-bond donors (Lipinski definition) is 2. The van der Waals surface area contributed by atoms with Gasteiger partial charge in [-0.1, -0.05) is 73.2 Å². The van der Waals surface area contributed by atoms with Crippen molar-refractivity contribution in [3.8, 4) is 17.2 Å². The Morgan fingerprint density at radius 2 is 1.79 bits per heavy atom. The summed E-state index contributed by atoms with van der Waals surface area (Å²) >= 11 is 7.49. The van der Waals surface area contributed by atoms with Gasteiger partial charge in [0.2, 0.25) is 5.91 Å². The fourth-order valence-electron chi connectivity index (χ4n) is 4.39. The Balaban J connectivity index is 1.44. The molecular weight excluding hydrogens is 450 g/mol. The van der Waals surface area contributed by atoms with Gasteiger partial charge in [-0.25, -0.2) is 0 Å². The van der Waals surface area contributed by atoms with E-state index < -0.39 is 0 Å². The van der Waals surface area contributed by atoms with Crippen LogP contribution in [0, 0.1) is 17.2 Å². The van der Waals surface area contributed by atoms with Gasteiger partial charge in [0, 0.05) is 22.5 Å². The van der Waals surface area contributed by atoms with E-state index in [1.54, 1.807) is 0 Å². The van der Waals surface area contributed by atoms with E-state index in [4.69, 9.17) is 11.6 Å². The molecule has 33 heavy (non-hydrogen) atoms. The van der Waals surface area contributed by atoms with E-state index in [-0.39, 0.29) is 11.8 Å². The van der Waals surface area contributed by atoms with E-state index >= 15 is 0 Å². The minimum Gasteiger partial charge on any atom is -0.374 e. The van der Waals surface area contributed by atoms with Gasteiger partial charge in [-0.15, -0.1) is 0 Å². The lowest BCUT2D eigenvalue weighted by Gasteiger charge is -2.25. The number of carbonyl (C=O) groups is 1. The number of carbonyl (C=O) groups excluding carboxylic acids is 1. The lowest BCUT2D eigenvalue weighted by molar-refractivity contribution is -0.120. The number of nitrogens with one attached hydrogen (secondary N) is 2. The molecule has 3 aromatic rings. The number of nitriles is 1. The highest BCUT2D eigenvalue weighted by atomic mass is 35.5. The van der Waals surface area contributed by atoms with E-state index in [1.165, 1.54) is 22.5 Å². The molecule has 0 aliphatic carbocycles. The third-order valence-electron chi connectivity index (χ3n) is 6.40. The lowest BCUT2D eigenvalue weighted by atomic mass is 9.94. The Hall–Kier alpha value is -2.81. The van der Waals surface area contributed by atoms with Crippen LogP contribution in [0.15, 0.2) is 48.5 Å². The molecule has 6 heteroatoms. The van der Waals surface area contributed by atoms with Crippen molar-refractivity contribution in [1.29, 1.82) is 5.26 Å². The third-order valence-corrected chi connectivity index (χ3v) is 7.73. The van der Waals surface area contributed by atoms with E-state index in [9.17, 15) is 10.1 Å². The number of rotatable bonds is 7. The molecule has 170 valence electrons. The Kier molecular flexibility index (Phi) is 7.37. The molecule has 0 saturated heterocycles. The first-order valence-corrected chi connectivity index (χ1v) is 12.7. The fourth-order valence-corrected chi connectivity index (χ4v) is 5.69. The van der Waals surface area contributed by atoms with Gasteiger partial charge in [0.05, 0.1) is 10.6 Å². The molecule has 1 amide bonds. The topological polar surface area (TPSA) is 64.9 Å². The molecule has 0 fully saturated rings. The Morgan fingerprint density at radius 3 is 2.39 bits per heavy atom. The maximum atomic E-state index is 12.6. The molecule has 1 unspecified atom stereocenters. The van der Waals surface area contributed by atoms with Crippen LogP contribution in [-0.4, -0.2) is 11.9 Å². The molecule has 1 aliphatic rings. The summed E-state index contributed by atoms with van der Waals surface area (Å²) in [5, 5.41) is 18.8. The monoisotopic (exact) mass is 477 g/mol. The molecular formula is C27H28ClN3OS. The summed E-state index contributed by atoms with van der Waals surface area (Å²) in [7, 11) is 0. The van der Waals surface area contributed by atoms with Gasteiger partial charge in [0.25, 0.3) is 0 Å². The minimum atomic E-state index is -0.0211. The average Bonchev–Trinajstić information content (AvgIpc) is 3.17. The maximum Gasteiger partial charge on any atom is 0.228 e. The molecule has 1 aliphatic heterocycles. The predicted molar refractivity (Wildman–Crippen MR) is 138 cm³/mol. The number of halogens is 1. The molecule has 0 spiro atoms. The number of fused-ring (bicyclic) bond motifs is 1. The highest BCUT2D eigenvalue weighted by molar-refractivity contribution is 7.20. The summed E-state index contributed by atoms with van der Waals surface area (Å²) in [6.45, 7) is 4.04. The summed E-state index contributed by atoms with van der Waals surface area (Å²) in [4.78, 5) is 12.6. The van der Waals surface area contributed by atoms with Crippen molar-refractivity contribution in [3.05, 3.63) is 70.2 Å². The van der Waals surface area contributed by atoms with Crippen LogP contribution in [0.1, 0.15) is 49.8 Å². The average molecular weight is 478 g/mol. The van der Waals surface area contributed by atoms with Crippen LogP contribution in [0.4, 0.5) is 10.0 Å². The minimum absolute atomic E-state index is 0.00687. The predicted octanol–water partition coefficient (Wildman–Crippen LogP) is 7.28. The Bertz CT molecular complexity index is 1160. The number of benzene rings is 2. The highest BCUT2D eigenvalue weighted by Crippen LogP contribution is 2.41. The van der Waals surface area contributed by atoms with Gasteiger partial charge < -0.3 is 10.6 Å². The molecule has 1 aromatic heterocycles. The van der Waals surface area contributed by atoms with Gasteiger partial charge in [-0.2, -0.15) is 5.26 Å². The molecule has 2 N–H and O–H groups in total. The second-order valence-electron chi connectivity index (χ2n) is 8.52. The van der Waals surface area contributed by atoms with Gasteiger partial charge in [-0.3, -0.25) is 4.79 Å². The zero-order chi connectivity index (χ0) is 23.4. The highest BCUT2D eigenvalue weighted by Gasteiger charge is 2.27. The van der Waals surface area contributed by atoms with Crippen LogP contribution in [0.2, 0.25) is 5.02 Å². The van der Waals surface area contributed by atoms with Crippen molar-refractivity contribution in [2.45, 2.75) is 52.0 Å². The van der Waals surface area contributed by atoms with Crippen LogP contribution in [0.3, 0.4) is 0 Å². The van der Waals surface area contributed by atoms with Gasteiger partial charge >= 0.3 is 0 Å².